The maximum absolute atomic E-state index is 10.8. The van der Waals surface area contributed by atoms with Gasteiger partial charge < -0.3 is 15.9 Å². The molecule has 2 unspecified atom stereocenters. The SMILES string of the molecule is NC(=O)C1C=CC=CC1(O)C(=O)O. The van der Waals surface area contributed by atoms with E-state index in [0.717, 1.165) is 6.08 Å². The molecule has 1 amide bonds. The van der Waals surface area contributed by atoms with Gasteiger partial charge in [0.1, 0.15) is 0 Å². The van der Waals surface area contributed by atoms with Crippen molar-refractivity contribution in [3.63, 3.8) is 0 Å². The molecule has 0 aromatic carbocycles. The summed E-state index contributed by atoms with van der Waals surface area (Å²) in [6, 6.07) is 0. The van der Waals surface area contributed by atoms with Crippen molar-refractivity contribution < 1.29 is 19.8 Å². The number of carbonyl (C=O) groups excluding carboxylic acids is 1. The van der Waals surface area contributed by atoms with Crippen molar-refractivity contribution in [1.82, 2.24) is 0 Å². The molecular weight excluding hydrogens is 174 g/mol. The molecule has 1 rings (SSSR count). The zero-order chi connectivity index (χ0) is 10.1. The van der Waals surface area contributed by atoms with Crippen LogP contribution in [0.25, 0.3) is 0 Å². The van der Waals surface area contributed by atoms with Crippen LogP contribution in [0.15, 0.2) is 24.3 Å². The fraction of sp³-hybridized carbons (Fsp3) is 0.250. The zero-order valence-electron chi connectivity index (χ0n) is 6.68. The first kappa shape index (κ1) is 9.47. The molecule has 1 aliphatic carbocycles. The Morgan fingerprint density at radius 2 is 2.00 bits per heavy atom. The summed E-state index contributed by atoms with van der Waals surface area (Å²) < 4.78 is 0. The Kier molecular flexibility index (Phi) is 2.20. The Morgan fingerprint density at radius 1 is 1.38 bits per heavy atom. The van der Waals surface area contributed by atoms with E-state index in [1.807, 2.05) is 0 Å². The summed E-state index contributed by atoms with van der Waals surface area (Å²) >= 11 is 0. The lowest BCUT2D eigenvalue weighted by atomic mass is 9.83. The lowest BCUT2D eigenvalue weighted by molar-refractivity contribution is -0.159. The second-order valence-electron chi connectivity index (χ2n) is 2.75. The molecule has 13 heavy (non-hydrogen) atoms. The van der Waals surface area contributed by atoms with Gasteiger partial charge in [-0.15, -0.1) is 0 Å². The van der Waals surface area contributed by atoms with Gasteiger partial charge in [-0.3, -0.25) is 4.79 Å². The van der Waals surface area contributed by atoms with E-state index in [1.165, 1.54) is 18.2 Å². The first-order chi connectivity index (χ1) is 5.98. The number of carbonyl (C=O) groups is 2. The van der Waals surface area contributed by atoms with Crippen LogP contribution >= 0.6 is 0 Å². The number of hydrogen-bond acceptors (Lipinski definition) is 3. The fourth-order valence-corrected chi connectivity index (χ4v) is 1.14. The lowest BCUT2D eigenvalue weighted by Crippen LogP contribution is -2.49. The van der Waals surface area contributed by atoms with Crippen LogP contribution in [0.1, 0.15) is 0 Å². The number of aliphatic carboxylic acids is 1. The number of carboxylic acids is 1. The molecule has 0 aliphatic heterocycles. The number of nitrogens with two attached hydrogens (primary N) is 1. The van der Waals surface area contributed by atoms with Crippen molar-refractivity contribution in [2.75, 3.05) is 0 Å². The smallest absolute Gasteiger partial charge is 0.340 e. The predicted octanol–water partition coefficient (Wildman–Crippen LogP) is -0.970. The van der Waals surface area contributed by atoms with Crippen molar-refractivity contribution in [2.45, 2.75) is 5.60 Å². The predicted molar refractivity (Wildman–Crippen MR) is 43.6 cm³/mol. The van der Waals surface area contributed by atoms with E-state index in [9.17, 15) is 14.7 Å². The number of aliphatic hydroxyl groups is 1. The molecule has 0 heterocycles. The molecule has 0 saturated carbocycles. The van der Waals surface area contributed by atoms with Gasteiger partial charge in [0, 0.05) is 0 Å². The maximum Gasteiger partial charge on any atom is 0.340 e. The molecule has 0 aromatic rings. The number of primary amides is 1. The van der Waals surface area contributed by atoms with Gasteiger partial charge in [-0.25, -0.2) is 4.79 Å². The third-order valence-corrected chi connectivity index (χ3v) is 1.89. The van der Waals surface area contributed by atoms with E-state index >= 15 is 0 Å². The second kappa shape index (κ2) is 3.02. The monoisotopic (exact) mass is 183 g/mol. The molecular formula is C8H9NO4. The van der Waals surface area contributed by atoms with Gasteiger partial charge >= 0.3 is 5.97 Å². The Balaban J connectivity index is 3.07. The molecule has 0 spiro atoms. The Bertz CT molecular complexity index is 307. The first-order valence-corrected chi connectivity index (χ1v) is 3.59. The average Bonchev–Trinajstić information content (AvgIpc) is 2.04. The fourth-order valence-electron chi connectivity index (χ4n) is 1.14. The molecule has 0 bridgehead atoms. The van der Waals surface area contributed by atoms with Crippen molar-refractivity contribution in [3.05, 3.63) is 24.3 Å². The van der Waals surface area contributed by atoms with Crippen molar-refractivity contribution in [1.29, 1.82) is 0 Å². The van der Waals surface area contributed by atoms with E-state index in [4.69, 9.17) is 10.8 Å². The van der Waals surface area contributed by atoms with Crippen LogP contribution in [0.2, 0.25) is 0 Å². The quantitative estimate of drug-likeness (QED) is 0.512. The minimum atomic E-state index is -2.21. The number of allylic oxidation sites excluding steroid dienone is 2. The van der Waals surface area contributed by atoms with Gasteiger partial charge in [0.05, 0.1) is 5.92 Å². The third-order valence-electron chi connectivity index (χ3n) is 1.89. The maximum atomic E-state index is 10.8. The van der Waals surface area contributed by atoms with Crippen LogP contribution < -0.4 is 5.73 Å². The Morgan fingerprint density at radius 3 is 2.38 bits per heavy atom. The number of carboxylic acid groups (broad SMARTS) is 1. The molecule has 4 N–H and O–H groups in total. The molecule has 70 valence electrons. The number of rotatable bonds is 2. The highest BCUT2D eigenvalue weighted by molar-refractivity contribution is 5.91. The summed E-state index contributed by atoms with van der Waals surface area (Å²) in [5.74, 6) is -3.57. The van der Waals surface area contributed by atoms with E-state index in [2.05, 4.69) is 0 Å². The van der Waals surface area contributed by atoms with Crippen LogP contribution in [0, 0.1) is 5.92 Å². The molecule has 2 atom stereocenters. The van der Waals surface area contributed by atoms with E-state index in [-0.39, 0.29) is 0 Å². The van der Waals surface area contributed by atoms with Gasteiger partial charge in [-0.05, 0) is 6.08 Å². The highest BCUT2D eigenvalue weighted by Crippen LogP contribution is 2.24. The van der Waals surface area contributed by atoms with Crippen LogP contribution in [0.5, 0.6) is 0 Å². The second-order valence-corrected chi connectivity index (χ2v) is 2.75. The number of hydrogen-bond donors (Lipinski definition) is 3. The van der Waals surface area contributed by atoms with Gasteiger partial charge in [0.15, 0.2) is 5.60 Å². The molecule has 0 fully saturated rings. The van der Waals surface area contributed by atoms with Gasteiger partial charge in [-0.2, -0.15) is 0 Å². The standard InChI is InChI=1S/C8H9NO4/c9-6(10)5-3-1-2-4-8(5,13)7(11)12/h1-5,13H,(H2,9,10)(H,11,12). The van der Waals surface area contributed by atoms with Gasteiger partial charge in [0.25, 0.3) is 0 Å². The largest absolute Gasteiger partial charge is 0.479 e. The molecule has 1 aliphatic rings. The number of amides is 1. The van der Waals surface area contributed by atoms with E-state index in [1.54, 1.807) is 0 Å². The minimum Gasteiger partial charge on any atom is -0.479 e. The highest BCUT2D eigenvalue weighted by Gasteiger charge is 2.44. The Hall–Kier alpha value is -1.62. The normalized spacial score (nSPS) is 31.6. The third kappa shape index (κ3) is 1.46. The van der Waals surface area contributed by atoms with Crippen LogP contribution in [-0.4, -0.2) is 27.7 Å². The van der Waals surface area contributed by atoms with Crippen LogP contribution in [0.3, 0.4) is 0 Å². The molecule has 0 saturated heterocycles. The van der Waals surface area contributed by atoms with Crippen molar-refractivity contribution >= 4 is 11.9 Å². The summed E-state index contributed by atoms with van der Waals surface area (Å²) in [4.78, 5) is 21.4. The summed E-state index contributed by atoms with van der Waals surface area (Å²) in [6.45, 7) is 0. The highest BCUT2D eigenvalue weighted by atomic mass is 16.4. The van der Waals surface area contributed by atoms with Crippen molar-refractivity contribution in [3.8, 4) is 0 Å². The first-order valence-electron chi connectivity index (χ1n) is 3.59. The van der Waals surface area contributed by atoms with Crippen molar-refractivity contribution in [2.24, 2.45) is 11.7 Å². The molecule has 0 radical (unpaired) electrons. The molecule has 5 nitrogen and oxygen atoms in total. The average molecular weight is 183 g/mol. The Labute approximate surface area is 74.2 Å². The van der Waals surface area contributed by atoms with Gasteiger partial charge in [0.2, 0.25) is 5.91 Å². The van der Waals surface area contributed by atoms with E-state index < -0.39 is 23.4 Å². The molecule has 5 heteroatoms. The van der Waals surface area contributed by atoms with Gasteiger partial charge in [-0.1, -0.05) is 18.2 Å². The summed E-state index contributed by atoms with van der Waals surface area (Å²) in [5, 5.41) is 18.2. The zero-order valence-corrected chi connectivity index (χ0v) is 6.68. The minimum absolute atomic E-state index is 0.870. The van der Waals surface area contributed by atoms with Crippen LogP contribution in [-0.2, 0) is 9.59 Å². The lowest BCUT2D eigenvalue weighted by Gasteiger charge is -2.26. The summed E-state index contributed by atoms with van der Waals surface area (Å²) in [7, 11) is 0. The summed E-state index contributed by atoms with van der Waals surface area (Å²) in [5.41, 5.74) is 2.73. The topological polar surface area (TPSA) is 101 Å². The molecule has 0 aromatic heterocycles. The summed E-state index contributed by atoms with van der Waals surface area (Å²) in [6.07, 6.45) is 5.11. The van der Waals surface area contributed by atoms with E-state index in [0.29, 0.717) is 0 Å². The van der Waals surface area contributed by atoms with Crippen LogP contribution in [0.4, 0.5) is 0 Å².